The molecule has 1 amide bonds. The first-order valence-electron chi connectivity index (χ1n) is 6.30. The van der Waals surface area contributed by atoms with Gasteiger partial charge in [0.05, 0.1) is 4.47 Å². The quantitative estimate of drug-likeness (QED) is 0.805. The van der Waals surface area contributed by atoms with Gasteiger partial charge in [-0.15, -0.1) is 0 Å². The number of amides is 1. The molecule has 1 aromatic rings. The van der Waals surface area contributed by atoms with Gasteiger partial charge in [0.15, 0.2) is 6.61 Å². The largest absolute Gasteiger partial charge is 0.506 e. The molecule has 0 radical (unpaired) electrons. The van der Waals surface area contributed by atoms with Gasteiger partial charge in [-0.1, -0.05) is 6.92 Å². The number of phenols is 1. The van der Waals surface area contributed by atoms with E-state index in [9.17, 15) is 14.7 Å². The molecule has 0 heterocycles. The van der Waals surface area contributed by atoms with E-state index >= 15 is 0 Å². The van der Waals surface area contributed by atoms with Crippen LogP contribution in [-0.4, -0.2) is 29.6 Å². The minimum absolute atomic E-state index is 0.0303. The minimum Gasteiger partial charge on any atom is -0.506 e. The molecule has 2 N–H and O–H groups in total. The molecule has 20 heavy (non-hydrogen) atoms. The maximum Gasteiger partial charge on any atom is 0.342 e. The number of rotatable bonds is 5. The monoisotopic (exact) mass is 343 g/mol. The van der Waals surface area contributed by atoms with E-state index in [1.54, 1.807) is 13.0 Å². The first-order chi connectivity index (χ1) is 9.35. The molecule has 0 saturated heterocycles. The van der Waals surface area contributed by atoms with Crippen molar-refractivity contribution in [2.75, 3.05) is 6.61 Å². The lowest BCUT2D eigenvalue weighted by atomic mass is 10.1. The van der Waals surface area contributed by atoms with Crippen molar-refractivity contribution in [1.29, 1.82) is 0 Å². The first-order valence-corrected chi connectivity index (χ1v) is 7.10. The summed E-state index contributed by atoms with van der Waals surface area (Å²) >= 11 is 3.15. The Morgan fingerprint density at radius 2 is 2.10 bits per heavy atom. The summed E-state index contributed by atoms with van der Waals surface area (Å²) in [7, 11) is 0. The van der Waals surface area contributed by atoms with Crippen LogP contribution in [0.4, 0.5) is 0 Å². The van der Waals surface area contributed by atoms with Crippen molar-refractivity contribution < 1.29 is 19.4 Å². The second-order valence-corrected chi connectivity index (χ2v) is 5.45. The SMILES string of the molecule is CC[C@@H](C)NC(=O)COC(=O)c1cc(C)cc(Br)c1O. The lowest BCUT2D eigenvalue weighted by Crippen LogP contribution is -2.35. The molecule has 0 saturated carbocycles. The van der Waals surface area contributed by atoms with Crippen molar-refractivity contribution in [3.05, 3.63) is 27.7 Å². The molecule has 1 aromatic carbocycles. The van der Waals surface area contributed by atoms with Crippen molar-refractivity contribution in [1.82, 2.24) is 5.32 Å². The average molecular weight is 344 g/mol. The number of carbonyl (C=O) groups is 2. The predicted octanol–water partition coefficient (Wildman–Crippen LogP) is 2.53. The minimum atomic E-state index is -0.730. The number of hydrogen-bond donors (Lipinski definition) is 2. The predicted molar refractivity (Wildman–Crippen MR) is 78.7 cm³/mol. The van der Waals surface area contributed by atoms with Gasteiger partial charge in [-0.2, -0.15) is 0 Å². The van der Waals surface area contributed by atoms with E-state index < -0.39 is 5.97 Å². The number of benzene rings is 1. The van der Waals surface area contributed by atoms with Crippen LogP contribution in [0.5, 0.6) is 5.75 Å². The van der Waals surface area contributed by atoms with Crippen molar-refractivity contribution in [2.24, 2.45) is 0 Å². The Morgan fingerprint density at radius 1 is 1.45 bits per heavy atom. The van der Waals surface area contributed by atoms with Gasteiger partial charge < -0.3 is 15.2 Å². The lowest BCUT2D eigenvalue weighted by Gasteiger charge is -2.12. The lowest BCUT2D eigenvalue weighted by molar-refractivity contribution is -0.124. The molecule has 0 bridgehead atoms. The molecule has 1 rings (SSSR count). The summed E-state index contributed by atoms with van der Waals surface area (Å²) in [4.78, 5) is 23.4. The number of carbonyl (C=O) groups excluding carboxylic acids is 2. The summed E-state index contributed by atoms with van der Waals surface area (Å²) in [5, 5.41) is 12.5. The third-order valence-electron chi connectivity index (χ3n) is 2.78. The van der Waals surface area contributed by atoms with Crippen LogP contribution in [0.2, 0.25) is 0 Å². The molecule has 1 atom stereocenters. The smallest absolute Gasteiger partial charge is 0.342 e. The maximum atomic E-state index is 11.8. The molecule has 0 aromatic heterocycles. The summed E-state index contributed by atoms with van der Waals surface area (Å²) in [5.74, 6) is -1.28. The van der Waals surface area contributed by atoms with E-state index in [4.69, 9.17) is 4.74 Å². The van der Waals surface area contributed by atoms with E-state index in [2.05, 4.69) is 21.2 Å². The van der Waals surface area contributed by atoms with Crippen molar-refractivity contribution in [2.45, 2.75) is 33.2 Å². The normalized spacial score (nSPS) is 11.8. The maximum absolute atomic E-state index is 11.8. The van der Waals surface area contributed by atoms with Crippen molar-refractivity contribution in [3.8, 4) is 5.75 Å². The Morgan fingerprint density at radius 3 is 2.70 bits per heavy atom. The molecule has 6 heteroatoms. The van der Waals surface area contributed by atoms with Gasteiger partial charge in [-0.3, -0.25) is 4.79 Å². The molecule has 0 aliphatic rings. The molecule has 0 aliphatic heterocycles. The number of aromatic hydroxyl groups is 1. The highest BCUT2D eigenvalue weighted by molar-refractivity contribution is 9.10. The molecule has 110 valence electrons. The van der Waals surface area contributed by atoms with Crippen molar-refractivity contribution >= 4 is 27.8 Å². The number of halogens is 1. The third kappa shape index (κ3) is 4.52. The zero-order valence-corrected chi connectivity index (χ0v) is 13.3. The van der Waals surface area contributed by atoms with Gasteiger partial charge in [0, 0.05) is 6.04 Å². The standard InChI is InChI=1S/C14H18BrNO4/c1-4-9(3)16-12(17)7-20-14(19)10-5-8(2)6-11(15)13(10)18/h5-6,9,18H,4,7H2,1-3H3,(H,16,17)/t9-/m1/s1. The Bertz CT molecular complexity index is 516. The molecule has 5 nitrogen and oxygen atoms in total. The van der Waals surface area contributed by atoms with E-state index in [-0.39, 0.29) is 29.9 Å². The fourth-order valence-electron chi connectivity index (χ4n) is 1.52. The summed E-state index contributed by atoms with van der Waals surface area (Å²) in [6.45, 7) is 5.23. The Labute approximate surface area is 126 Å². The average Bonchev–Trinajstić information content (AvgIpc) is 2.39. The molecule has 0 unspecified atom stereocenters. The van der Waals surface area contributed by atoms with Gasteiger partial charge in [0.2, 0.25) is 0 Å². The van der Waals surface area contributed by atoms with Gasteiger partial charge in [0.25, 0.3) is 5.91 Å². The molecule has 0 aliphatic carbocycles. The highest BCUT2D eigenvalue weighted by Gasteiger charge is 2.17. The van der Waals surface area contributed by atoms with E-state index in [1.807, 2.05) is 13.8 Å². The zero-order valence-electron chi connectivity index (χ0n) is 11.7. The second-order valence-electron chi connectivity index (χ2n) is 4.60. The van der Waals surface area contributed by atoms with Crippen LogP contribution in [0.1, 0.15) is 36.2 Å². The van der Waals surface area contributed by atoms with Crippen LogP contribution in [0.25, 0.3) is 0 Å². The van der Waals surface area contributed by atoms with E-state index in [0.717, 1.165) is 12.0 Å². The Hall–Kier alpha value is -1.56. The number of hydrogen-bond acceptors (Lipinski definition) is 4. The second kappa shape index (κ2) is 7.28. The fourth-order valence-corrected chi connectivity index (χ4v) is 2.09. The van der Waals surface area contributed by atoms with E-state index in [1.165, 1.54) is 6.07 Å². The molecular formula is C14H18BrNO4. The number of esters is 1. The Balaban J connectivity index is 2.66. The van der Waals surface area contributed by atoms with Crippen LogP contribution in [-0.2, 0) is 9.53 Å². The fraction of sp³-hybridized carbons (Fsp3) is 0.429. The topological polar surface area (TPSA) is 75.6 Å². The van der Waals surface area contributed by atoms with Crippen LogP contribution in [0.3, 0.4) is 0 Å². The van der Waals surface area contributed by atoms with Gasteiger partial charge >= 0.3 is 5.97 Å². The summed E-state index contributed by atoms with van der Waals surface area (Å²) in [6, 6.07) is 3.22. The van der Waals surface area contributed by atoms with Crippen LogP contribution in [0, 0.1) is 6.92 Å². The molecular weight excluding hydrogens is 326 g/mol. The van der Waals surface area contributed by atoms with Gasteiger partial charge in [0.1, 0.15) is 11.3 Å². The number of ether oxygens (including phenoxy) is 1. The summed E-state index contributed by atoms with van der Waals surface area (Å²) in [5.41, 5.74) is 0.832. The highest BCUT2D eigenvalue weighted by Crippen LogP contribution is 2.29. The van der Waals surface area contributed by atoms with Gasteiger partial charge in [-0.25, -0.2) is 4.79 Å². The number of aryl methyl sites for hydroxylation is 1. The summed E-state index contributed by atoms with van der Waals surface area (Å²) in [6.07, 6.45) is 0.797. The third-order valence-corrected chi connectivity index (χ3v) is 3.39. The summed E-state index contributed by atoms with van der Waals surface area (Å²) < 4.78 is 5.30. The van der Waals surface area contributed by atoms with Gasteiger partial charge in [-0.05, 0) is 53.9 Å². The van der Waals surface area contributed by atoms with Crippen LogP contribution >= 0.6 is 15.9 Å². The first kappa shape index (κ1) is 16.5. The van der Waals surface area contributed by atoms with Crippen molar-refractivity contribution in [3.63, 3.8) is 0 Å². The highest BCUT2D eigenvalue weighted by atomic mass is 79.9. The van der Waals surface area contributed by atoms with Crippen LogP contribution in [0.15, 0.2) is 16.6 Å². The number of phenolic OH excluding ortho intramolecular Hbond substituents is 1. The molecule has 0 fully saturated rings. The Kier molecular flexibility index (Phi) is 6.01. The van der Waals surface area contributed by atoms with E-state index in [0.29, 0.717) is 4.47 Å². The molecule has 0 spiro atoms. The number of nitrogens with one attached hydrogen (secondary N) is 1. The van der Waals surface area contributed by atoms with Crippen LogP contribution < -0.4 is 5.32 Å². The zero-order chi connectivity index (χ0) is 15.3.